The van der Waals surface area contributed by atoms with Gasteiger partial charge in [0.1, 0.15) is 0 Å². The number of carbonyl (C=O) groups excluding carboxylic acids is 1. The van der Waals surface area contributed by atoms with Crippen molar-refractivity contribution in [2.75, 3.05) is 13.1 Å². The van der Waals surface area contributed by atoms with Crippen molar-refractivity contribution in [2.45, 2.75) is 43.6 Å². The van der Waals surface area contributed by atoms with Gasteiger partial charge in [-0.3, -0.25) is 4.79 Å². The van der Waals surface area contributed by atoms with Gasteiger partial charge in [-0.05, 0) is 50.1 Å². The van der Waals surface area contributed by atoms with Gasteiger partial charge in [0.2, 0.25) is 10.0 Å². The Morgan fingerprint density at radius 1 is 1.06 bits per heavy atom. The molecule has 0 radical (unpaired) electrons. The van der Waals surface area contributed by atoms with Crippen LogP contribution >= 0.6 is 0 Å². The summed E-state index contributed by atoms with van der Waals surface area (Å²) in [7, 11) is -3.69. The van der Waals surface area contributed by atoms with Gasteiger partial charge in [-0.25, -0.2) is 18.2 Å². The fraction of sp³-hybridized carbons (Fsp3) is 0.348. The average Bonchev–Trinajstić information content (AvgIpc) is 3.09. The lowest BCUT2D eigenvalue weighted by Crippen LogP contribution is -2.32. The van der Waals surface area contributed by atoms with E-state index in [-0.39, 0.29) is 21.8 Å². The van der Waals surface area contributed by atoms with Crippen molar-refractivity contribution in [1.29, 1.82) is 0 Å². The van der Waals surface area contributed by atoms with E-state index in [1.54, 1.807) is 31.2 Å². The zero-order valence-corrected chi connectivity index (χ0v) is 18.6. The van der Waals surface area contributed by atoms with Crippen molar-refractivity contribution >= 4 is 26.9 Å². The number of sulfonamides is 1. The lowest BCUT2D eigenvalue weighted by molar-refractivity contribution is 0.0319. The maximum Gasteiger partial charge on any atom is 0.338 e. The van der Waals surface area contributed by atoms with Crippen molar-refractivity contribution in [3.63, 3.8) is 0 Å². The van der Waals surface area contributed by atoms with Crippen LogP contribution in [0.4, 0.5) is 0 Å². The van der Waals surface area contributed by atoms with Gasteiger partial charge >= 0.3 is 5.97 Å². The molecule has 1 aromatic heterocycles. The van der Waals surface area contributed by atoms with Gasteiger partial charge in [0.05, 0.1) is 21.4 Å². The van der Waals surface area contributed by atoms with Crippen LogP contribution in [0, 0.1) is 0 Å². The summed E-state index contributed by atoms with van der Waals surface area (Å²) in [6.07, 6.45) is 2.86. The quantitative estimate of drug-likeness (QED) is 0.591. The number of ether oxygens (including phenoxy) is 1. The van der Waals surface area contributed by atoms with Crippen LogP contribution in [-0.4, -0.2) is 41.7 Å². The molecule has 3 aromatic rings. The molecule has 2 aromatic carbocycles. The summed E-state index contributed by atoms with van der Waals surface area (Å²) in [6.45, 7) is 2.56. The van der Waals surface area contributed by atoms with E-state index in [9.17, 15) is 18.0 Å². The highest BCUT2D eigenvalue weighted by molar-refractivity contribution is 7.89. The zero-order valence-electron chi connectivity index (χ0n) is 17.8. The number of nitrogens with zero attached hydrogens (tertiary/aromatic N) is 2. The van der Waals surface area contributed by atoms with Crippen LogP contribution in [-0.2, 0) is 14.8 Å². The number of rotatable bonds is 5. The highest BCUT2D eigenvalue weighted by atomic mass is 32.2. The molecule has 1 atom stereocenters. The topological polar surface area (TPSA) is 109 Å². The molecule has 4 rings (SSSR count). The monoisotopic (exact) mass is 455 g/mol. The maximum absolute atomic E-state index is 13.0. The van der Waals surface area contributed by atoms with E-state index in [4.69, 9.17) is 4.74 Å². The second-order valence-corrected chi connectivity index (χ2v) is 9.80. The number of aromatic amines is 1. The summed E-state index contributed by atoms with van der Waals surface area (Å²) < 4.78 is 33.1. The molecule has 0 spiro atoms. The first-order valence-electron chi connectivity index (χ1n) is 10.7. The van der Waals surface area contributed by atoms with Gasteiger partial charge in [0.15, 0.2) is 11.9 Å². The number of nitrogens with one attached hydrogen (secondary N) is 1. The lowest BCUT2D eigenvalue weighted by atomic mass is 10.2. The van der Waals surface area contributed by atoms with Crippen molar-refractivity contribution in [3.05, 3.63) is 70.3 Å². The molecule has 1 N–H and O–H groups in total. The van der Waals surface area contributed by atoms with Crippen LogP contribution in [0.25, 0.3) is 10.9 Å². The lowest BCUT2D eigenvalue weighted by Gasteiger charge is -2.20. The normalized spacial score (nSPS) is 16.4. The number of hydrogen-bond donors (Lipinski definition) is 1. The largest absolute Gasteiger partial charge is 0.451 e. The Morgan fingerprint density at radius 2 is 1.78 bits per heavy atom. The number of H-pyrrole nitrogens is 1. The third-order valence-electron chi connectivity index (χ3n) is 5.57. The number of esters is 1. The number of para-hydroxylation sites is 1. The van der Waals surface area contributed by atoms with Crippen LogP contribution < -0.4 is 5.56 Å². The molecule has 1 aliphatic heterocycles. The highest BCUT2D eigenvalue weighted by Crippen LogP contribution is 2.22. The molecule has 1 fully saturated rings. The molecule has 0 bridgehead atoms. The molecular formula is C23H25N3O5S. The summed E-state index contributed by atoms with van der Waals surface area (Å²) in [5.74, 6) is -0.475. The number of benzene rings is 2. The Labute approximate surface area is 186 Å². The Morgan fingerprint density at radius 3 is 2.53 bits per heavy atom. The zero-order chi connectivity index (χ0) is 22.7. The molecule has 9 heteroatoms. The van der Waals surface area contributed by atoms with Gasteiger partial charge in [-0.15, -0.1) is 0 Å². The Kier molecular flexibility index (Phi) is 6.38. The summed E-state index contributed by atoms with van der Waals surface area (Å²) in [6, 6.07) is 12.8. The fourth-order valence-electron chi connectivity index (χ4n) is 3.80. The predicted octanol–water partition coefficient (Wildman–Crippen LogP) is 3.41. The van der Waals surface area contributed by atoms with Crippen molar-refractivity contribution < 1.29 is 17.9 Å². The van der Waals surface area contributed by atoms with Gasteiger partial charge in [-0.1, -0.05) is 31.0 Å². The van der Waals surface area contributed by atoms with E-state index in [2.05, 4.69) is 9.97 Å². The van der Waals surface area contributed by atoms with Crippen LogP contribution in [0.3, 0.4) is 0 Å². The third kappa shape index (κ3) is 4.58. The summed E-state index contributed by atoms with van der Waals surface area (Å²) in [5, 5.41) is 0.446. The molecule has 2 heterocycles. The van der Waals surface area contributed by atoms with E-state index >= 15 is 0 Å². The number of fused-ring (bicyclic) bond motifs is 1. The Bertz CT molecular complexity index is 1290. The van der Waals surface area contributed by atoms with Gasteiger partial charge in [0.25, 0.3) is 5.56 Å². The molecule has 168 valence electrons. The van der Waals surface area contributed by atoms with Crippen molar-refractivity contribution in [2.24, 2.45) is 0 Å². The Balaban J connectivity index is 1.54. The minimum absolute atomic E-state index is 0.0683. The van der Waals surface area contributed by atoms with Crippen LogP contribution in [0.1, 0.15) is 54.9 Å². The highest BCUT2D eigenvalue weighted by Gasteiger charge is 2.26. The number of carbonyl (C=O) groups is 1. The Hall–Kier alpha value is -3.04. The van der Waals surface area contributed by atoms with E-state index < -0.39 is 22.1 Å². The molecule has 1 unspecified atom stereocenters. The first-order valence-corrected chi connectivity index (χ1v) is 12.1. The second kappa shape index (κ2) is 9.22. The minimum atomic E-state index is -3.69. The smallest absolute Gasteiger partial charge is 0.338 e. The molecule has 32 heavy (non-hydrogen) atoms. The molecule has 1 saturated heterocycles. The van der Waals surface area contributed by atoms with Crippen LogP contribution in [0.5, 0.6) is 0 Å². The molecule has 0 saturated carbocycles. The SMILES string of the molecule is CC(OC(=O)c1cccc(S(=O)(=O)N2CCCCCC2)c1)c1nc2ccccc2c(=O)[nH]1. The molecule has 8 nitrogen and oxygen atoms in total. The number of aromatic nitrogens is 2. The van der Waals surface area contributed by atoms with E-state index in [0.717, 1.165) is 25.7 Å². The van der Waals surface area contributed by atoms with Gasteiger partial charge in [0, 0.05) is 13.1 Å². The second-order valence-electron chi connectivity index (χ2n) is 7.86. The van der Waals surface area contributed by atoms with Crippen LogP contribution in [0.2, 0.25) is 0 Å². The predicted molar refractivity (Wildman–Crippen MR) is 120 cm³/mol. The maximum atomic E-state index is 13.0. The minimum Gasteiger partial charge on any atom is -0.451 e. The van der Waals surface area contributed by atoms with Crippen molar-refractivity contribution in [1.82, 2.24) is 14.3 Å². The first-order chi connectivity index (χ1) is 15.4. The standard InChI is InChI=1S/C23H25N3O5S/c1-16(21-24-20-12-5-4-11-19(20)22(27)25-21)31-23(28)17-9-8-10-18(15-17)32(29,30)26-13-6-2-3-7-14-26/h4-5,8-12,15-16H,2-3,6-7,13-14H2,1H3,(H,24,25,27). The fourth-order valence-corrected chi connectivity index (χ4v) is 5.36. The molecular weight excluding hydrogens is 430 g/mol. The number of hydrogen-bond acceptors (Lipinski definition) is 6. The summed E-state index contributed by atoms with van der Waals surface area (Å²) in [5.41, 5.74) is 0.301. The van der Waals surface area contributed by atoms with E-state index in [1.807, 2.05) is 0 Å². The van der Waals surface area contributed by atoms with E-state index in [0.29, 0.717) is 24.0 Å². The third-order valence-corrected chi connectivity index (χ3v) is 7.47. The molecule has 0 aliphatic carbocycles. The summed E-state index contributed by atoms with van der Waals surface area (Å²) >= 11 is 0. The first kappa shape index (κ1) is 22.2. The summed E-state index contributed by atoms with van der Waals surface area (Å²) in [4.78, 5) is 32.1. The average molecular weight is 456 g/mol. The van der Waals surface area contributed by atoms with Crippen molar-refractivity contribution in [3.8, 4) is 0 Å². The van der Waals surface area contributed by atoms with Gasteiger partial charge < -0.3 is 9.72 Å². The molecule has 0 amide bonds. The molecule has 1 aliphatic rings. The van der Waals surface area contributed by atoms with Crippen LogP contribution in [0.15, 0.2) is 58.2 Å². The van der Waals surface area contributed by atoms with Gasteiger partial charge in [-0.2, -0.15) is 4.31 Å². The van der Waals surface area contributed by atoms with E-state index in [1.165, 1.54) is 28.6 Å².